The molecule has 2 heterocycles. The molecule has 8 nitrogen and oxygen atoms in total. The van der Waals surface area contributed by atoms with Gasteiger partial charge in [-0.1, -0.05) is 5.16 Å². The molecule has 0 saturated heterocycles. The summed E-state index contributed by atoms with van der Waals surface area (Å²) in [4.78, 5) is 18.6. The van der Waals surface area contributed by atoms with Crippen LogP contribution in [-0.2, 0) is 6.42 Å². The second kappa shape index (κ2) is 5.53. The predicted molar refractivity (Wildman–Crippen MR) is 74.9 cm³/mol. The molecule has 0 spiro atoms. The molecular formula is C13H11N5O3. The van der Waals surface area contributed by atoms with Gasteiger partial charge in [0.05, 0.1) is 10.3 Å². The lowest BCUT2D eigenvalue weighted by atomic mass is 10.1. The number of fused-ring (bicyclic) bond motifs is 1. The lowest BCUT2D eigenvalue weighted by Gasteiger charge is -2.08. The Morgan fingerprint density at radius 3 is 2.95 bits per heavy atom. The van der Waals surface area contributed by atoms with E-state index in [1.807, 2.05) is 0 Å². The van der Waals surface area contributed by atoms with Crippen molar-refractivity contribution in [2.24, 2.45) is 0 Å². The normalized spacial score (nSPS) is 10.7. The van der Waals surface area contributed by atoms with Crippen molar-refractivity contribution >= 4 is 22.1 Å². The summed E-state index contributed by atoms with van der Waals surface area (Å²) in [6, 6.07) is 4.80. The third kappa shape index (κ3) is 2.64. The number of benzene rings is 1. The molecule has 0 saturated carbocycles. The fourth-order valence-electron chi connectivity index (χ4n) is 2.10. The number of aromatic nitrogens is 3. The van der Waals surface area contributed by atoms with Crippen molar-refractivity contribution in [2.75, 3.05) is 11.9 Å². The van der Waals surface area contributed by atoms with Crippen LogP contribution in [0.5, 0.6) is 0 Å². The Hall–Kier alpha value is -3.03. The fraction of sp³-hybridized carbons (Fsp3) is 0.154. The van der Waals surface area contributed by atoms with Crippen molar-refractivity contribution < 1.29 is 9.45 Å². The Morgan fingerprint density at radius 1 is 1.29 bits per heavy atom. The van der Waals surface area contributed by atoms with Crippen LogP contribution in [0.2, 0.25) is 0 Å². The van der Waals surface area contributed by atoms with Crippen LogP contribution >= 0.6 is 0 Å². The zero-order chi connectivity index (χ0) is 14.7. The van der Waals surface area contributed by atoms with Gasteiger partial charge in [-0.3, -0.25) is 15.1 Å². The van der Waals surface area contributed by atoms with E-state index < -0.39 is 4.92 Å². The van der Waals surface area contributed by atoms with E-state index in [0.717, 1.165) is 5.69 Å². The molecule has 3 aromatic rings. The molecule has 1 aromatic carbocycles. The Kier molecular flexibility index (Phi) is 3.42. The summed E-state index contributed by atoms with van der Waals surface area (Å²) in [7, 11) is 0. The van der Waals surface area contributed by atoms with Crippen molar-refractivity contribution in [1.82, 2.24) is 15.1 Å². The van der Waals surface area contributed by atoms with E-state index in [1.165, 1.54) is 12.5 Å². The Morgan fingerprint density at radius 2 is 2.19 bits per heavy atom. The molecule has 0 aliphatic carbocycles. The van der Waals surface area contributed by atoms with E-state index in [4.69, 9.17) is 0 Å². The monoisotopic (exact) mass is 285 g/mol. The van der Waals surface area contributed by atoms with Gasteiger partial charge in [-0.25, -0.2) is 0 Å². The summed E-state index contributed by atoms with van der Waals surface area (Å²) in [5.41, 5.74) is 0.850. The first kappa shape index (κ1) is 13.0. The highest BCUT2D eigenvalue weighted by molar-refractivity contribution is 5.99. The van der Waals surface area contributed by atoms with Gasteiger partial charge in [-0.15, -0.1) is 0 Å². The third-order valence-electron chi connectivity index (χ3n) is 3.06. The summed E-state index contributed by atoms with van der Waals surface area (Å²) in [5, 5.41) is 19.2. The molecule has 0 aliphatic heterocycles. The standard InChI is InChI=1S/C13H11N5O3/c19-18(20)12-2-1-11(10-7-14-5-3-9(10)12)15-6-4-13-16-8-21-17-13/h1-3,5,7-8,15H,4,6H2. The highest BCUT2D eigenvalue weighted by Gasteiger charge is 2.14. The van der Waals surface area contributed by atoms with Crippen LogP contribution in [0.1, 0.15) is 5.82 Å². The number of non-ortho nitro benzene ring substituents is 1. The number of nitrogens with one attached hydrogen (secondary N) is 1. The summed E-state index contributed by atoms with van der Waals surface area (Å²) in [6.45, 7) is 0.585. The molecule has 2 aromatic heterocycles. The Balaban J connectivity index is 1.85. The minimum atomic E-state index is -0.397. The number of hydrogen-bond donors (Lipinski definition) is 1. The molecule has 0 fully saturated rings. The van der Waals surface area contributed by atoms with Crippen LogP contribution in [0, 0.1) is 10.1 Å². The minimum absolute atomic E-state index is 0.0658. The molecule has 21 heavy (non-hydrogen) atoms. The zero-order valence-electron chi connectivity index (χ0n) is 10.9. The van der Waals surface area contributed by atoms with E-state index in [9.17, 15) is 10.1 Å². The van der Waals surface area contributed by atoms with Crippen LogP contribution in [0.4, 0.5) is 11.4 Å². The molecule has 8 heteroatoms. The van der Waals surface area contributed by atoms with E-state index in [-0.39, 0.29) is 5.69 Å². The Labute approximate surface area is 119 Å². The van der Waals surface area contributed by atoms with Crippen molar-refractivity contribution in [1.29, 1.82) is 0 Å². The van der Waals surface area contributed by atoms with Crippen molar-refractivity contribution in [3.8, 4) is 0 Å². The predicted octanol–water partition coefficient (Wildman–Crippen LogP) is 2.18. The van der Waals surface area contributed by atoms with E-state index in [1.54, 1.807) is 24.5 Å². The summed E-state index contributed by atoms with van der Waals surface area (Å²) in [6.07, 6.45) is 5.02. The Bertz CT molecular complexity index is 773. The van der Waals surface area contributed by atoms with Gasteiger partial charge < -0.3 is 9.84 Å². The molecule has 0 amide bonds. The van der Waals surface area contributed by atoms with Crippen LogP contribution in [-0.4, -0.2) is 26.6 Å². The number of anilines is 1. The quantitative estimate of drug-likeness (QED) is 0.565. The maximum absolute atomic E-state index is 11.0. The van der Waals surface area contributed by atoms with Gasteiger partial charge in [0, 0.05) is 42.5 Å². The van der Waals surface area contributed by atoms with Gasteiger partial charge in [-0.05, 0) is 12.1 Å². The average molecular weight is 285 g/mol. The molecular weight excluding hydrogens is 274 g/mol. The topological polar surface area (TPSA) is 107 Å². The van der Waals surface area contributed by atoms with Crippen molar-refractivity contribution in [3.05, 3.63) is 52.9 Å². The van der Waals surface area contributed by atoms with Crippen LogP contribution in [0.25, 0.3) is 10.8 Å². The SMILES string of the molecule is O=[N+]([O-])c1ccc(NCCc2ncon2)c2cnccc12. The highest BCUT2D eigenvalue weighted by atomic mass is 16.6. The maximum atomic E-state index is 11.0. The number of nitrogens with zero attached hydrogens (tertiary/aromatic N) is 4. The molecule has 0 aliphatic rings. The summed E-state index contributed by atoms with van der Waals surface area (Å²) in [5.74, 6) is 0.604. The summed E-state index contributed by atoms with van der Waals surface area (Å²) >= 11 is 0. The molecule has 1 N–H and O–H groups in total. The van der Waals surface area contributed by atoms with Gasteiger partial charge in [-0.2, -0.15) is 4.98 Å². The van der Waals surface area contributed by atoms with Crippen LogP contribution in [0.15, 0.2) is 41.5 Å². The van der Waals surface area contributed by atoms with Gasteiger partial charge in [0.25, 0.3) is 5.69 Å². The van der Waals surface area contributed by atoms with Crippen molar-refractivity contribution in [2.45, 2.75) is 6.42 Å². The maximum Gasteiger partial charge on any atom is 0.277 e. The number of nitro groups is 1. The molecule has 106 valence electrons. The first-order valence-electron chi connectivity index (χ1n) is 6.26. The van der Waals surface area contributed by atoms with E-state index >= 15 is 0 Å². The van der Waals surface area contributed by atoms with E-state index in [0.29, 0.717) is 29.6 Å². The zero-order valence-corrected chi connectivity index (χ0v) is 10.9. The van der Waals surface area contributed by atoms with Gasteiger partial charge in [0.15, 0.2) is 5.82 Å². The first-order chi connectivity index (χ1) is 10.3. The van der Waals surface area contributed by atoms with Gasteiger partial charge in [0.1, 0.15) is 0 Å². The molecule has 0 atom stereocenters. The molecule has 0 unspecified atom stereocenters. The largest absolute Gasteiger partial charge is 0.384 e. The lowest BCUT2D eigenvalue weighted by Crippen LogP contribution is -2.06. The fourth-order valence-corrected chi connectivity index (χ4v) is 2.10. The number of nitro benzene ring substituents is 1. The number of pyridine rings is 1. The highest BCUT2D eigenvalue weighted by Crippen LogP contribution is 2.30. The molecule has 0 radical (unpaired) electrons. The summed E-state index contributed by atoms with van der Waals surface area (Å²) < 4.78 is 4.66. The lowest BCUT2D eigenvalue weighted by molar-refractivity contribution is -0.383. The molecule has 3 rings (SSSR count). The number of rotatable bonds is 5. The van der Waals surface area contributed by atoms with Gasteiger partial charge >= 0.3 is 0 Å². The van der Waals surface area contributed by atoms with Gasteiger partial charge in [0.2, 0.25) is 6.39 Å². The second-order valence-electron chi connectivity index (χ2n) is 4.33. The van der Waals surface area contributed by atoms with Crippen molar-refractivity contribution in [3.63, 3.8) is 0 Å². The van der Waals surface area contributed by atoms with Crippen LogP contribution < -0.4 is 5.32 Å². The van der Waals surface area contributed by atoms with Crippen LogP contribution in [0.3, 0.4) is 0 Å². The van der Waals surface area contributed by atoms with E-state index in [2.05, 4.69) is 25.0 Å². The smallest absolute Gasteiger partial charge is 0.277 e. The third-order valence-corrected chi connectivity index (χ3v) is 3.06. The molecule has 0 bridgehead atoms. The first-order valence-corrected chi connectivity index (χ1v) is 6.26. The second-order valence-corrected chi connectivity index (χ2v) is 4.33. The number of hydrogen-bond acceptors (Lipinski definition) is 7. The average Bonchev–Trinajstić information content (AvgIpc) is 3.00. The minimum Gasteiger partial charge on any atom is -0.384 e.